The number of rotatable bonds is 25. The molecule has 0 bridgehead atoms. The predicted octanol–water partition coefficient (Wildman–Crippen LogP) is 10.2. The molecule has 0 rings (SSSR count). The highest BCUT2D eigenvalue weighted by atomic mass is 16.4. The SMILES string of the molecule is CCCCCCCCCCCCCCCCCCCC=CCCC=CCCCC(=O)O. The van der Waals surface area contributed by atoms with Crippen LogP contribution in [-0.2, 0) is 4.79 Å². The Hall–Kier alpha value is -1.05. The molecule has 0 spiro atoms. The van der Waals surface area contributed by atoms with Crippen LogP contribution in [-0.4, -0.2) is 11.1 Å². The van der Waals surface area contributed by atoms with E-state index in [9.17, 15) is 4.79 Å². The van der Waals surface area contributed by atoms with Crippen molar-refractivity contribution in [1.82, 2.24) is 0 Å². The molecule has 0 unspecified atom stereocenters. The van der Waals surface area contributed by atoms with Gasteiger partial charge in [0.05, 0.1) is 0 Å². The fourth-order valence-corrected chi connectivity index (χ4v) is 4.02. The van der Waals surface area contributed by atoms with Crippen LogP contribution in [0.4, 0.5) is 0 Å². The van der Waals surface area contributed by atoms with E-state index in [4.69, 9.17) is 5.11 Å². The number of aliphatic carboxylic acids is 1. The number of carboxylic acids is 1. The van der Waals surface area contributed by atoms with Crippen LogP contribution in [0.25, 0.3) is 0 Å². The fourth-order valence-electron chi connectivity index (χ4n) is 4.02. The van der Waals surface area contributed by atoms with Gasteiger partial charge in [0.25, 0.3) is 0 Å². The average molecular weight is 435 g/mol. The van der Waals surface area contributed by atoms with Crippen LogP contribution < -0.4 is 0 Å². The molecule has 0 atom stereocenters. The van der Waals surface area contributed by atoms with Gasteiger partial charge < -0.3 is 5.11 Å². The predicted molar refractivity (Wildman–Crippen MR) is 138 cm³/mol. The van der Waals surface area contributed by atoms with Crippen molar-refractivity contribution in [3.05, 3.63) is 24.3 Å². The van der Waals surface area contributed by atoms with Gasteiger partial charge in [-0.25, -0.2) is 0 Å². The van der Waals surface area contributed by atoms with Crippen LogP contribution in [0.15, 0.2) is 24.3 Å². The third-order valence-electron chi connectivity index (χ3n) is 6.07. The molecule has 0 radical (unpaired) electrons. The van der Waals surface area contributed by atoms with E-state index in [-0.39, 0.29) is 6.42 Å². The monoisotopic (exact) mass is 434 g/mol. The Labute approximate surface area is 195 Å². The Morgan fingerprint density at radius 2 is 0.806 bits per heavy atom. The van der Waals surface area contributed by atoms with Gasteiger partial charge in [-0.05, 0) is 38.5 Å². The van der Waals surface area contributed by atoms with E-state index in [0.717, 1.165) is 25.7 Å². The highest BCUT2D eigenvalue weighted by molar-refractivity contribution is 5.66. The van der Waals surface area contributed by atoms with Crippen molar-refractivity contribution in [2.45, 2.75) is 155 Å². The van der Waals surface area contributed by atoms with Crippen molar-refractivity contribution < 1.29 is 9.90 Å². The first-order valence-electron chi connectivity index (χ1n) is 13.8. The van der Waals surface area contributed by atoms with Crippen LogP contribution in [0.1, 0.15) is 155 Å². The summed E-state index contributed by atoms with van der Waals surface area (Å²) < 4.78 is 0. The maximum absolute atomic E-state index is 10.4. The molecule has 0 aromatic heterocycles. The third-order valence-corrected chi connectivity index (χ3v) is 6.07. The van der Waals surface area contributed by atoms with Gasteiger partial charge in [0, 0.05) is 6.42 Å². The lowest BCUT2D eigenvalue weighted by molar-refractivity contribution is -0.137. The highest BCUT2D eigenvalue weighted by Gasteiger charge is 1.95. The molecule has 0 saturated heterocycles. The maximum Gasteiger partial charge on any atom is 0.303 e. The summed E-state index contributed by atoms with van der Waals surface area (Å²) in [6.07, 6.45) is 38.6. The molecule has 2 nitrogen and oxygen atoms in total. The summed E-state index contributed by atoms with van der Waals surface area (Å²) in [5.74, 6) is -0.694. The molecule has 2 heteroatoms. The van der Waals surface area contributed by atoms with Crippen molar-refractivity contribution in [3.63, 3.8) is 0 Å². The fraction of sp³-hybridized carbons (Fsp3) is 0.828. The molecule has 182 valence electrons. The molecule has 0 heterocycles. The average Bonchev–Trinajstić information content (AvgIpc) is 2.76. The smallest absolute Gasteiger partial charge is 0.303 e. The molecule has 31 heavy (non-hydrogen) atoms. The Kier molecular flexibility index (Phi) is 26.1. The van der Waals surface area contributed by atoms with E-state index in [1.807, 2.05) is 0 Å². The van der Waals surface area contributed by atoms with E-state index in [1.54, 1.807) is 0 Å². The Bertz CT molecular complexity index is 411. The molecule has 1 N–H and O–H groups in total. The van der Waals surface area contributed by atoms with Crippen LogP contribution >= 0.6 is 0 Å². The van der Waals surface area contributed by atoms with Gasteiger partial charge in [-0.2, -0.15) is 0 Å². The van der Waals surface area contributed by atoms with Crippen molar-refractivity contribution in [2.24, 2.45) is 0 Å². The molecule has 0 saturated carbocycles. The third kappa shape index (κ3) is 28.9. The zero-order valence-electron chi connectivity index (χ0n) is 20.9. The first kappa shape index (κ1) is 29.9. The normalized spacial score (nSPS) is 11.8. The molecule has 0 fully saturated rings. The zero-order valence-corrected chi connectivity index (χ0v) is 20.9. The van der Waals surface area contributed by atoms with Crippen molar-refractivity contribution in [2.75, 3.05) is 0 Å². The lowest BCUT2D eigenvalue weighted by atomic mass is 10.0. The van der Waals surface area contributed by atoms with Crippen LogP contribution in [0.3, 0.4) is 0 Å². The molecule has 0 amide bonds. The number of hydrogen-bond acceptors (Lipinski definition) is 1. The quantitative estimate of drug-likeness (QED) is 0.115. The van der Waals surface area contributed by atoms with Gasteiger partial charge in [0.2, 0.25) is 0 Å². The second-order valence-corrected chi connectivity index (χ2v) is 9.25. The topological polar surface area (TPSA) is 37.3 Å². The van der Waals surface area contributed by atoms with Gasteiger partial charge in [-0.3, -0.25) is 4.79 Å². The molecule has 0 aliphatic heterocycles. The summed E-state index contributed by atoms with van der Waals surface area (Å²) in [6, 6.07) is 0. The summed E-state index contributed by atoms with van der Waals surface area (Å²) in [5, 5.41) is 8.57. The van der Waals surface area contributed by atoms with Crippen molar-refractivity contribution in [3.8, 4) is 0 Å². The highest BCUT2D eigenvalue weighted by Crippen LogP contribution is 2.14. The minimum Gasteiger partial charge on any atom is -0.481 e. The minimum absolute atomic E-state index is 0.281. The van der Waals surface area contributed by atoms with E-state index in [0.29, 0.717) is 0 Å². The number of unbranched alkanes of at least 4 members (excludes halogenated alkanes) is 19. The van der Waals surface area contributed by atoms with Gasteiger partial charge in [-0.15, -0.1) is 0 Å². The number of carboxylic acid groups (broad SMARTS) is 1. The van der Waals surface area contributed by atoms with Crippen LogP contribution in [0, 0.1) is 0 Å². The summed E-state index contributed by atoms with van der Waals surface area (Å²) in [4.78, 5) is 10.4. The van der Waals surface area contributed by atoms with Gasteiger partial charge in [0.1, 0.15) is 0 Å². The zero-order chi connectivity index (χ0) is 22.7. The Morgan fingerprint density at radius 1 is 0.484 bits per heavy atom. The summed E-state index contributed by atoms with van der Waals surface area (Å²) >= 11 is 0. The Morgan fingerprint density at radius 3 is 1.19 bits per heavy atom. The van der Waals surface area contributed by atoms with E-state index in [2.05, 4.69) is 31.2 Å². The van der Waals surface area contributed by atoms with E-state index >= 15 is 0 Å². The Balaban J connectivity index is 3.12. The summed E-state index contributed by atoms with van der Waals surface area (Å²) in [5.41, 5.74) is 0. The van der Waals surface area contributed by atoms with Crippen LogP contribution in [0.2, 0.25) is 0 Å². The maximum atomic E-state index is 10.4. The first-order chi connectivity index (χ1) is 15.3. The van der Waals surface area contributed by atoms with Gasteiger partial charge in [0.15, 0.2) is 0 Å². The summed E-state index contributed by atoms with van der Waals surface area (Å²) in [7, 11) is 0. The van der Waals surface area contributed by atoms with Crippen LogP contribution in [0.5, 0.6) is 0 Å². The van der Waals surface area contributed by atoms with Crippen molar-refractivity contribution >= 4 is 5.97 Å². The van der Waals surface area contributed by atoms with Gasteiger partial charge in [-0.1, -0.05) is 134 Å². The minimum atomic E-state index is -0.694. The second kappa shape index (κ2) is 27.0. The number of carbonyl (C=O) groups is 1. The molecule has 0 aromatic carbocycles. The standard InChI is InChI=1S/C29H54O2/c1-2-3-4-5-6-7-8-9-10-11-12-13-14-15-16-17-18-19-20-21-22-23-24-25-26-27-28-29(30)31/h20-21,24-25H,2-19,22-23,26-28H2,1H3,(H,30,31). The van der Waals surface area contributed by atoms with Gasteiger partial charge >= 0.3 is 5.97 Å². The first-order valence-corrected chi connectivity index (χ1v) is 13.8. The largest absolute Gasteiger partial charge is 0.481 e. The lowest BCUT2D eigenvalue weighted by Crippen LogP contribution is -1.92. The molecular weight excluding hydrogens is 380 g/mol. The summed E-state index contributed by atoms with van der Waals surface area (Å²) in [6.45, 7) is 2.29. The number of allylic oxidation sites excluding steroid dienone is 4. The molecular formula is C29H54O2. The van der Waals surface area contributed by atoms with E-state index in [1.165, 1.54) is 116 Å². The number of hydrogen-bond donors (Lipinski definition) is 1. The molecule has 0 aliphatic rings. The van der Waals surface area contributed by atoms with E-state index < -0.39 is 5.97 Å². The lowest BCUT2D eigenvalue weighted by Gasteiger charge is -2.03. The second-order valence-electron chi connectivity index (χ2n) is 9.25. The van der Waals surface area contributed by atoms with Crippen molar-refractivity contribution in [1.29, 1.82) is 0 Å². The molecule has 0 aromatic rings. The molecule has 0 aliphatic carbocycles.